The number of aromatic nitrogens is 6. The average Bonchev–Trinajstić information content (AvgIpc) is 3.34. The normalized spacial score (nSPS) is 18.6. The number of halogens is 4. The lowest BCUT2D eigenvalue weighted by atomic mass is 10.0. The first-order chi connectivity index (χ1) is 16.3. The first kappa shape index (κ1) is 22.3. The van der Waals surface area contributed by atoms with Crippen molar-refractivity contribution in [3.05, 3.63) is 30.2 Å². The van der Waals surface area contributed by atoms with Crippen molar-refractivity contribution in [3.8, 4) is 17.0 Å². The summed E-state index contributed by atoms with van der Waals surface area (Å²) in [4.78, 5) is 5.80. The van der Waals surface area contributed by atoms with Crippen molar-refractivity contribution in [2.24, 2.45) is 0 Å². The Morgan fingerprint density at radius 2 is 2.12 bits per heavy atom. The van der Waals surface area contributed by atoms with Gasteiger partial charge in [-0.15, -0.1) is 10.2 Å². The van der Waals surface area contributed by atoms with Crippen LogP contribution in [0.2, 0.25) is 0 Å². The zero-order chi connectivity index (χ0) is 24.0. The lowest BCUT2D eigenvalue weighted by Crippen LogP contribution is -2.53. The van der Waals surface area contributed by atoms with Crippen LogP contribution in [0.25, 0.3) is 27.7 Å². The van der Waals surface area contributed by atoms with Crippen molar-refractivity contribution in [1.82, 2.24) is 34.5 Å². The molecule has 3 aromatic heterocycles. The molecule has 34 heavy (non-hydrogen) atoms. The number of fused-ring (bicyclic) bond motifs is 2. The molecule has 4 aromatic rings. The van der Waals surface area contributed by atoms with E-state index in [1.165, 1.54) is 16.3 Å². The second-order valence-electron chi connectivity index (χ2n) is 8.28. The van der Waals surface area contributed by atoms with E-state index >= 15 is 4.39 Å². The molecule has 1 aliphatic rings. The molecule has 1 N–H and O–H groups in total. The SMILES string of the molecule is COc1nc(N[C@@H]2CCN(C)CC2(F)F)nn2cc(F)c(-c3ccc4nnn(CCF)c4c3)c12. The van der Waals surface area contributed by atoms with Gasteiger partial charge in [0.25, 0.3) is 5.92 Å². The minimum Gasteiger partial charge on any atom is -0.479 e. The Morgan fingerprint density at radius 3 is 2.85 bits per heavy atom. The standard InChI is InChI=1S/C21H22F4N8O/c1-31-7-5-16(21(24,25)11-31)26-20-27-19(34-2)18-17(13(23)10-33(18)29-20)12-3-4-14-15(9-12)32(8-6-22)30-28-14/h3-4,9-10,16H,5-8,11H2,1-2H3,(H,26,29)/t16-/m1/s1. The summed E-state index contributed by atoms with van der Waals surface area (Å²) in [6.45, 7) is -0.504. The van der Waals surface area contributed by atoms with Crippen molar-refractivity contribution in [1.29, 1.82) is 0 Å². The van der Waals surface area contributed by atoms with E-state index in [4.69, 9.17) is 4.74 Å². The summed E-state index contributed by atoms with van der Waals surface area (Å²) in [6.07, 6.45) is 1.33. The molecule has 1 fully saturated rings. The summed E-state index contributed by atoms with van der Waals surface area (Å²) in [5, 5.41) is 14.8. The molecule has 0 aliphatic carbocycles. The van der Waals surface area contributed by atoms with Crippen LogP contribution in [-0.2, 0) is 6.54 Å². The van der Waals surface area contributed by atoms with E-state index in [2.05, 4.69) is 25.7 Å². The number of ether oxygens (including phenoxy) is 1. The zero-order valence-electron chi connectivity index (χ0n) is 18.5. The molecule has 0 bridgehead atoms. The predicted molar refractivity (Wildman–Crippen MR) is 116 cm³/mol. The number of hydrogen-bond donors (Lipinski definition) is 1. The molecule has 0 radical (unpaired) electrons. The zero-order valence-corrected chi connectivity index (χ0v) is 18.5. The van der Waals surface area contributed by atoms with Gasteiger partial charge < -0.3 is 15.0 Å². The molecule has 0 unspecified atom stereocenters. The number of methoxy groups -OCH3 is 1. The Bertz CT molecular complexity index is 1350. The fourth-order valence-corrected chi connectivity index (χ4v) is 4.31. The van der Waals surface area contributed by atoms with Gasteiger partial charge in [0.05, 0.1) is 43.5 Å². The van der Waals surface area contributed by atoms with Gasteiger partial charge in [-0.05, 0) is 31.2 Å². The summed E-state index contributed by atoms with van der Waals surface area (Å²) in [5.41, 5.74) is 1.92. The van der Waals surface area contributed by atoms with Crippen molar-refractivity contribution < 1.29 is 22.3 Å². The van der Waals surface area contributed by atoms with Crippen LogP contribution < -0.4 is 10.1 Å². The predicted octanol–water partition coefficient (Wildman–Crippen LogP) is 3.01. The first-order valence-electron chi connectivity index (χ1n) is 10.7. The smallest absolute Gasteiger partial charge is 0.280 e. The van der Waals surface area contributed by atoms with Crippen LogP contribution in [0.5, 0.6) is 5.88 Å². The summed E-state index contributed by atoms with van der Waals surface area (Å²) in [6, 6.07) is 3.78. The van der Waals surface area contributed by atoms with E-state index < -0.39 is 24.5 Å². The van der Waals surface area contributed by atoms with Gasteiger partial charge in [0, 0.05) is 6.54 Å². The van der Waals surface area contributed by atoms with Gasteiger partial charge in [0.1, 0.15) is 17.7 Å². The maximum atomic E-state index is 15.1. The van der Waals surface area contributed by atoms with Crippen LogP contribution in [0.4, 0.5) is 23.5 Å². The molecule has 1 aromatic carbocycles. The second-order valence-corrected chi connectivity index (χ2v) is 8.28. The largest absolute Gasteiger partial charge is 0.479 e. The number of piperidine rings is 1. The van der Waals surface area contributed by atoms with Crippen molar-refractivity contribution in [2.45, 2.75) is 24.9 Å². The van der Waals surface area contributed by atoms with Gasteiger partial charge in [-0.3, -0.25) is 0 Å². The summed E-state index contributed by atoms with van der Waals surface area (Å²) in [7, 11) is 2.99. The van der Waals surface area contributed by atoms with Crippen LogP contribution in [0, 0.1) is 5.82 Å². The Balaban J connectivity index is 1.57. The number of nitrogens with one attached hydrogen (secondary N) is 1. The molecule has 0 saturated carbocycles. The van der Waals surface area contributed by atoms with Gasteiger partial charge in [-0.25, -0.2) is 26.8 Å². The molecule has 1 aliphatic heterocycles. The second kappa shape index (κ2) is 8.38. The third-order valence-corrected chi connectivity index (χ3v) is 5.94. The topological polar surface area (TPSA) is 85.4 Å². The van der Waals surface area contributed by atoms with Crippen LogP contribution >= 0.6 is 0 Å². The van der Waals surface area contributed by atoms with Crippen molar-refractivity contribution in [3.63, 3.8) is 0 Å². The van der Waals surface area contributed by atoms with E-state index in [0.29, 0.717) is 23.1 Å². The molecule has 0 spiro atoms. The third kappa shape index (κ3) is 3.79. The number of rotatable bonds is 6. The highest BCUT2D eigenvalue weighted by Crippen LogP contribution is 2.36. The van der Waals surface area contributed by atoms with Gasteiger partial charge in [0.15, 0.2) is 5.82 Å². The number of anilines is 1. The van der Waals surface area contributed by atoms with Gasteiger partial charge in [-0.2, -0.15) is 4.98 Å². The molecule has 180 valence electrons. The van der Waals surface area contributed by atoms with Gasteiger partial charge >= 0.3 is 0 Å². The Labute approximate surface area is 191 Å². The lowest BCUT2D eigenvalue weighted by molar-refractivity contribution is -0.0675. The lowest BCUT2D eigenvalue weighted by Gasteiger charge is -2.36. The number of alkyl halides is 3. The maximum Gasteiger partial charge on any atom is 0.280 e. The Kier molecular flexibility index (Phi) is 5.50. The molecule has 9 nitrogen and oxygen atoms in total. The number of aryl methyl sites for hydroxylation is 1. The Morgan fingerprint density at radius 1 is 1.29 bits per heavy atom. The molecular formula is C21H22F4N8O. The van der Waals surface area contributed by atoms with E-state index in [1.54, 1.807) is 30.1 Å². The minimum absolute atomic E-state index is 0.0159. The van der Waals surface area contributed by atoms with E-state index in [9.17, 15) is 13.2 Å². The fourth-order valence-electron chi connectivity index (χ4n) is 4.31. The molecule has 4 heterocycles. The number of likely N-dealkylation sites (tertiary alicyclic amines) is 1. The van der Waals surface area contributed by atoms with E-state index in [0.717, 1.165) is 6.20 Å². The van der Waals surface area contributed by atoms with E-state index in [-0.39, 0.29) is 42.4 Å². The van der Waals surface area contributed by atoms with Crippen molar-refractivity contribution >= 4 is 22.5 Å². The van der Waals surface area contributed by atoms with Crippen LogP contribution in [0.3, 0.4) is 0 Å². The van der Waals surface area contributed by atoms with Crippen LogP contribution in [0.1, 0.15) is 6.42 Å². The quantitative estimate of drug-likeness (QED) is 0.427. The van der Waals surface area contributed by atoms with Crippen LogP contribution in [0.15, 0.2) is 24.4 Å². The van der Waals surface area contributed by atoms with Crippen LogP contribution in [-0.4, -0.2) is 80.4 Å². The molecule has 5 rings (SSSR count). The molecule has 1 atom stereocenters. The highest BCUT2D eigenvalue weighted by atomic mass is 19.3. The Hall–Kier alpha value is -3.48. The first-order valence-corrected chi connectivity index (χ1v) is 10.7. The molecule has 13 heteroatoms. The minimum atomic E-state index is -2.99. The van der Waals surface area contributed by atoms with E-state index in [1.807, 2.05) is 0 Å². The van der Waals surface area contributed by atoms with Gasteiger partial charge in [0.2, 0.25) is 11.8 Å². The summed E-state index contributed by atoms with van der Waals surface area (Å²) in [5.74, 6) is -3.68. The average molecular weight is 478 g/mol. The molecular weight excluding hydrogens is 456 g/mol. The molecule has 0 amide bonds. The maximum absolute atomic E-state index is 15.1. The highest BCUT2D eigenvalue weighted by Gasteiger charge is 2.44. The fraction of sp³-hybridized carbons (Fsp3) is 0.429. The monoisotopic (exact) mass is 478 g/mol. The number of nitrogens with zero attached hydrogens (tertiary/aromatic N) is 7. The summed E-state index contributed by atoms with van der Waals surface area (Å²) < 4.78 is 65.0. The highest BCUT2D eigenvalue weighted by molar-refractivity contribution is 5.89. The molecule has 1 saturated heterocycles. The number of hydrogen-bond acceptors (Lipinski definition) is 7. The van der Waals surface area contributed by atoms with Gasteiger partial charge in [-0.1, -0.05) is 11.3 Å². The summed E-state index contributed by atoms with van der Waals surface area (Å²) >= 11 is 0. The third-order valence-electron chi connectivity index (χ3n) is 5.94. The van der Waals surface area contributed by atoms with Crippen molar-refractivity contribution in [2.75, 3.05) is 39.2 Å². The number of benzene rings is 1.